The SMILES string of the molecule is CC(C)N1c2cc(Nc3nccc(O)n3)ccc2N(C)C(=O)[C@H]1C. The molecule has 3 rings (SSSR count). The van der Waals surface area contributed by atoms with E-state index in [1.165, 1.54) is 12.3 Å². The number of carbonyl (C=O) groups is 1. The van der Waals surface area contributed by atoms with Crippen molar-refractivity contribution in [1.29, 1.82) is 0 Å². The van der Waals surface area contributed by atoms with Crippen molar-refractivity contribution in [3.05, 3.63) is 30.5 Å². The Morgan fingerprint density at radius 3 is 2.67 bits per heavy atom. The number of fused-ring (bicyclic) bond motifs is 1. The van der Waals surface area contributed by atoms with Gasteiger partial charge in [0.15, 0.2) is 0 Å². The number of carbonyl (C=O) groups excluding carboxylic acids is 1. The Morgan fingerprint density at radius 2 is 2.00 bits per heavy atom. The third-order valence-electron chi connectivity index (χ3n) is 4.17. The van der Waals surface area contributed by atoms with Gasteiger partial charge >= 0.3 is 0 Å². The molecular weight excluding hydrogens is 306 g/mol. The van der Waals surface area contributed by atoms with Gasteiger partial charge in [0.2, 0.25) is 17.7 Å². The molecule has 24 heavy (non-hydrogen) atoms. The fourth-order valence-corrected chi connectivity index (χ4v) is 3.08. The number of amides is 1. The Morgan fingerprint density at radius 1 is 1.25 bits per heavy atom. The summed E-state index contributed by atoms with van der Waals surface area (Å²) in [6.45, 7) is 6.05. The van der Waals surface area contributed by atoms with Crippen LogP contribution in [0.3, 0.4) is 0 Å². The first-order valence-corrected chi connectivity index (χ1v) is 7.87. The van der Waals surface area contributed by atoms with Crippen molar-refractivity contribution in [3.63, 3.8) is 0 Å². The third-order valence-corrected chi connectivity index (χ3v) is 4.17. The Hall–Kier alpha value is -2.83. The van der Waals surface area contributed by atoms with Crippen molar-refractivity contribution < 1.29 is 9.90 Å². The summed E-state index contributed by atoms with van der Waals surface area (Å²) in [6, 6.07) is 7.12. The molecule has 0 aliphatic carbocycles. The van der Waals surface area contributed by atoms with Gasteiger partial charge in [-0.05, 0) is 39.0 Å². The molecule has 0 radical (unpaired) electrons. The lowest BCUT2D eigenvalue weighted by Crippen LogP contribution is -2.53. The summed E-state index contributed by atoms with van der Waals surface area (Å²) in [4.78, 5) is 24.2. The molecule has 0 saturated carbocycles. The maximum absolute atomic E-state index is 12.4. The highest BCUT2D eigenvalue weighted by molar-refractivity contribution is 6.05. The van der Waals surface area contributed by atoms with E-state index in [0.717, 1.165) is 17.1 Å². The zero-order chi connectivity index (χ0) is 17.4. The maximum atomic E-state index is 12.4. The van der Waals surface area contributed by atoms with Gasteiger partial charge in [0.05, 0.1) is 11.4 Å². The summed E-state index contributed by atoms with van der Waals surface area (Å²) in [5.74, 6) is 0.306. The van der Waals surface area contributed by atoms with Crippen LogP contribution in [0.1, 0.15) is 20.8 Å². The first-order valence-electron chi connectivity index (χ1n) is 7.87. The van der Waals surface area contributed by atoms with Crippen LogP contribution in [0.5, 0.6) is 5.88 Å². The fourth-order valence-electron chi connectivity index (χ4n) is 3.08. The van der Waals surface area contributed by atoms with Crippen LogP contribution in [0.25, 0.3) is 0 Å². The molecule has 0 bridgehead atoms. The fraction of sp³-hybridized carbons (Fsp3) is 0.353. The third kappa shape index (κ3) is 2.73. The molecule has 126 valence electrons. The normalized spacial score (nSPS) is 17.2. The van der Waals surface area contributed by atoms with E-state index < -0.39 is 0 Å². The molecule has 0 unspecified atom stereocenters. The first kappa shape index (κ1) is 16.0. The van der Waals surface area contributed by atoms with Crippen molar-refractivity contribution in [1.82, 2.24) is 9.97 Å². The highest BCUT2D eigenvalue weighted by atomic mass is 16.3. The summed E-state index contributed by atoms with van der Waals surface area (Å²) >= 11 is 0. The van der Waals surface area contributed by atoms with Crippen LogP contribution in [0.2, 0.25) is 0 Å². The number of rotatable bonds is 3. The monoisotopic (exact) mass is 327 g/mol. The van der Waals surface area contributed by atoms with Crippen LogP contribution in [-0.4, -0.2) is 40.1 Å². The van der Waals surface area contributed by atoms with E-state index in [0.29, 0.717) is 5.95 Å². The lowest BCUT2D eigenvalue weighted by Gasteiger charge is -2.42. The predicted molar refractivity (Wildman–Crippen MR) is 93.9 cm³/mol. The van der Waals surface area contributed by atoms with Gasteiger partial charge in [-0.1, -0.05) is 0 Å². The van der Waals surface area contributed by atoms with Crippen molar-refractivity contribution in [2.45, 2.75) is 32.9 Å². The van der Waals surface area contributed by atoms with Crippen molar-refractivity contribution in [3.8, 4) is 5.88 Å². The summed E-state index contributed by atoms with van der Waals surface area (Å²) in [5, 5.41) is 12.5. The van der Waals surface area contributed by atoms with E-state index in [-0.39, 0.29) is 23.9 Å². The summed E-state index contributed by atoms with van der Waals surface area (Å²) in [5.41, 5.74) is 2.64. The minimum atomic E-state index is -0.227. The zero-order valence-corrected chi connectivity index (χ0v) is 14.2. The first-order chi connectivity index (χ1) is 11.4. The summed E-state index contributed by atoms with van der Waals surface area (Å²) in [7, 11) is 1.79. The quantitative estimate of drug-likeness (QED) is 0.901. The number of aromatic hydroxyl groups is 1. The molecule has 1 aromatic heterocycles. The Kier molecular flexibility index (Phi) is 4.01. The van der Waals surface area contributed by atoms with Crippen LogP contribution >= 0.6 is 0 Å². The van der Waals surface area contributed by atoms with Crippen molar-refractivity contribution in [2.24, 2.45) is 0 Å². The number of anilines is 4. The van der Waals surface area contributed by atoms with Gasteiger partial charge in [-0.2, -0.15) is 4.98 Å². The van der Waals surface area contributed by atoms with Crippen LogP contribution in [-0.2, 0) is 4.79 Å². The molecule has 0 saturated heterocycles. The molecule has 1 amide bonds. The van der Waals surface area contributed by atoms with Crippen LogP contribution < -0.4 is 15.1 Å². The average Bonchev–Trinajstić information content (AvgIpc) is 2.52. The smallest absolute Gasteiger partial charge is 0.249 e. The number of likely N-dealkylation sites (N-methyl/N-ethyl adjacent to an activating group) is 1. The number of nitrogens with zero attached hydrogens (tertiary/aromatic N) is 4. The second kappa shape index (κ2) is 5.99. The van der Waals surface area contributed by atoms with E-state index in [9.17, 15) is 9.90 Å². The Labute approximate surface area is 141 Å². The van der Waals surface area contributed by atoms with Crippen molar-refractivity contribution in [2.75, 3.05) is 22.2 Å². The number of hydrogen-bond acceptors (Lipinski definition) is 6. The molecule has 7 nitrogen and oxygen atoms in total. The highest BCUT2D eigenvalue weighted by Gasteiger charge is 2.34. The second-order valence-electron chi connectivity index (χ2n) is 6.14. The largest absolute Gasteiger partial charge is 0.493 e. The molecule has 2 heterocycles. The van der Waals surface area contributed by atoms with Gasteiger partial charge in [0.1, 0.15) is 6.04 Å². The lowest BCUT2D eigenvalue weighted by molar-refractivity contribution is -0.119. The van der Waals surface area contributed by atoms with E-state index >= 15 is 0 Å². The molecule has 1 aliphatic heterocycles. The predicted octanol–water partition coefficient (Wildman–Crippen LogP) is 2.51. The Bertz CT molecular complexity index is 777. The minimum Gasteiger partial charge on any atom is -0.493 e. The van der Waals surface area contributed by atoms with E-state index in [4.69, 9.17) is 0 Å². The van der Waals surface area contributed by atoms with Crippen molar-refractivity contribution >= 4 is 28.9 Å². The van der Waals surface area contributed by atoms with Gasteiger partial charge in [-0.25, -0.2) is 4.98 Å². The topological polar surface area (TPSA) is 81.6 Å². The highest BCUT2D eigenvalue weighted by Crippen LogP contribution is 2.38. The molecule has 1 atom stereocenters. The standard InChI is InChI=1S/C17H21N5O2/c1-10(2)22-11(3)16(24)21(4)13-6-5-12(9-14(13)22)19-17-18-8-7-15(23)20-17/h5-11H,1-4H3,(H2,18,19,20,23)/t11-/m1/s1. The summed E-state index contributed by atoms with van der Waals surface area (Å²) in [6.07, 6.45) is 1.48. The van der Waals surface area contributed by atoms with E-state index in [1.807, 2.05) is 25.1 Å². The maximum Gasteiger partial charge on any atom is 0.249 e. The molecule has 1 aliphatic rings. The Balaban J connectivity index is 2.01. The van der Waals surface area contributed by atoms with E-state index in [1.54, 1.807) is 11.9 Å². The molecule has 2 N–H and O–H groups in total. The number of aromatic nitrogens is 2. The zero-order valence-electron chi connectivity index (χ0n) is 14.2. The second-order valence-corrected chi connectivity index (χ2v) is 6.14. The molecule has 0 spiro atoms. The molecule has 7 heteroatoms. The van der Waals surface area contributed by atoms with Gasteiger partial charge in [-0.15, -0.1) is 0 Å². The van der Waals surface area contributed by atoms with Gasteiger partial charge in [-0.3, -0.25) is 4.79 Å². The van der Waals surface area contributed by atoms with E-state index in [2.05, 4.69) is 34.0 Å². The summed E-state index contributed by atoms with van der Waals surface area (Å²) < 4.78 is 0. The molecular formula is C17H21N5O2. The number of benzene rings is 1. The molecule has 1 aromatic carbocycles. The van der Waals surface area contributed by atoms with Gasteiger partial charge in [0, 0.05) is 31.0 Å². The number of hydrogen-bond donors (Lipinski definition) is 2. The van der Waals surface area contributed by atoms with Crippen LogP contribution in [0.15, 0.2) is 30.5 Å². The van der Waals surface area contributed by atoms with Gasteiger partial charge < -0.3 is 20.2 Å². The molecule has 0 fully saturated rings. The van der Waals surface area contributed by atoms with Crippen LogP contribution in [0.4, 0.5) is 23.0 Å². The number of nitrogens with one attached hydrogen (secondary N) is 1. The molecule has 2 aromatic rings. The van der Waals surface area contributed by atoms with Crippen LogP contribution in [0, 0.1) is 0 Å². The minimum absolute atomic E-state index is 0.0771. The average molecular weight is 327 g/mol. The van der Waals surface area contributed by atoms with Gasteiger partial charge in [0.25, 0.3) is 0 Å². The lowest BCUT2D eigenvalue weighted by atomic mass is 10.0.